The number of hydrogen-bond acceptors (Lipinski definition) is 5. The standard InChI is InChI=1S/C18H18N6O3S/c1-22-15-5-4-14(11-16(15)23(2)18(22)25)28(26,27)21-12-13-6-8-19-17(10-13)24-9-3-7-20-24/h3-11,21H,12H2,1-2H3. The van der Waals surface area contributed by atoms with Crippen molar-refractivity contribution in [2.45, 2.75) is 11.4 Å². The molecule has 1 N–H and O–H groups in total. The molecule has 28 heavy (non-hydrogen) atoms. The summed E-state index contributed by atoms with van der Waals surface area (Å²) < 4.78 is 32.5. The van der Waals surface area contributed by atoms with Gasteiger partial charge < -0.3 is 0 Å². The van der Waals surface area contributed by atoms with Crippen LogP contribution in [0.3, 0.4) is 0 Å². The van der Waals surface area contributed by atoms with Crippen molar-refractivity contribution in [3.05, 3.63) is 71.0 Å². The predicted molar refractivity (Wildman–Crippen MR) is 104 cm³/mol. The van der Waals surface area contributed by atoms with Gasteiger partial charge in [-0.1, -0.05) is 0 Å². The third-order valence-electron chi connectivity index (χ3n) is 4.57. The minimum Gasteiger partial charge on any atom is -0.295 e. The second-order valence-corrected chi connectivity index (χ2v) is 8.12. The average molecular weight is 398 g/mol. The van der Waals surface area contributed by atoms with Gasteiger partial charge in [-0.2, -0.15) is 5.10 Å². The summed E-state index contributed by atoms with van der Waals surface area (Å²) in [6.07, 6.45) is 5.01. The number of aromatic nitrogens is 5. The Bertz CT molecular complexity index is 1320. The summed E-state index contributed by atoms with van der Waals surface area (Å²) in [5, 5.41) is 4.12. The van der Waals surface area contributed by atoms with Gasteiger partial charge in [0.15, 0.2) is 5.82 Å². The maximum absolute atomic E-state index is 12.7. The molecule has 0 aliphatic rings. The fraction of sp³-hybridized carbons (Fsp3) is 0.167. The van der Waals surface area contributed by atoms with Crippen molar-refractivity contribution in [1.29, 1.82) is 0 Å². The number of nitrogens with one attached hydrogen (secondary N) is 1. The topological polar surface area (TPSA) is 104 Å². The van der Waals surface area contributed by atoms with Crippen molar-refractivity contribution >= 4 is 21.1 Å². The highest BCUT2D eigenvalue weighted by Crippen LogP contribution is 2.18. The first-order valence-corrected chi connectivity index (χ1v) is 9.95. The fourth-order valence-electron chi connectivity index (χ4n) is 3.02. The van der Waals surface area contributed by atoms with E-state index in [0.29, 0.717) is 16.9 Å². The number of imidazole rings is 1. The van der Waals surface area contributed by atoms with Crippen LogP contribution in [0.5, 0.6) is 0 Å². The molecule has 144 valence electrons. The summed E-state index contributed by atoms with van der Waals surface area (Å²) in [5.74, 6) is 0.599. The van der Waals surface area contributed by atoms with Crippen LogP contribution in [-0.4, -0.2) is 32.3 Å². The molecule has 9 nitrogen and oxygen atoms in total. The molecule has 0 spiro atoms. The lowest BCUT2D eigenvalue weighted by Gasteiger charge is -2.09. The van der Waals surface area contributed by atoms with Crippen molar-refractivity contribution in [3.8, 4) is 5.82 Å². The maximum atomic E-state index is 12.7. The molecule has 0 saturated heterocycles. The van der Waals surface area contributed by atoms with Gasteiger partial charge in [-0.15, -0.1) is 0 Å². The van der Waals surface area contributed by atoms with E-state index in [0.717, 1.165) is 5.56 Å². The fourth-order valence-corrected chi connectivity index (χ4v) is 4.05. The van der Waals surface area contributed by atoms with Crippen LogP contribution in [0.25, 0.3) is 16.9 Å². The van der Waals surface area contributed by atoms with Gasteiger partial charge in [0.2, 0.25) is 10.0 Å². The minimum atomic E-state index is -3.75. The Morgan fingerprint density at radius 3 is 2.57 bits per heavy atom. The van der Waals surface area contributed by atoms with E-state index >= 15 is 0 Å². The molecular weight excluding hydrogens is 380 g/mol. The molecule has 0 bridgehead atoms. The Balaban J connectivity index is 1.60. The molecule has 0 aliphatic carbocycles. The summed E-state index contributed by atoms with van der Waals surface area (Å²) in [6, 6.07) is 9.91. The highest BCUT2D eigenvalue weighted by atomic mass is 32.2. The largest absolute Gasteiger partial charge is 0.328 e. The minimum absolute atomic E-state index is 0.0996. The summed E-state index contributed by atoms with van der Waals surface area (Å²) in [7, 11) is -0.491. The zero-order valence-electron chi connectivity index (χ0n) is 15.3. The Hall–Kier alpha value is -3.24. The number of nitrogens with zero attached hydrogens (tertiary/aromatic N) is 5. The first kappa shape index (κ1) is 18.1. The number of hydrogen-bond donors (Lipinski definition) is 1. The van der Waals surface area contributed by atoms with Crippen molar-refractivity contribution in [2.75, 3.05) is 0 Å². The summed E-state index contributed by atoms with van der Waals surface area (Å²) >= 11 is 0. The van der Waals surface area contributed by atoms with Gasteiger partial charge in [0.25, 0.3) is 0 Å². The van der Waals surface area contributed by atoms with E-state index in [4.69, 9.17) is 0 Å². The molecule has 0 atom stereocenters. The van der Waals surface area contributed by atoms with Gasteiger partial charge in [0.05, 0.1) is 15.9 Å². The number of benzene rings is 1. The predicted octanol–water partition coefficient (Wildman–Crippen LogP) is 0.936. The molecule has 4 rings (SSSR count). The van der Waals surface area contributed by atoms with E-state index < -0.39 is 10.0 Å². The Morgan fingerprint density at radius 1 is 1.04 bits per heavy atom. The van der Waals surface area contributed by atoms with Crippen LogP contribution in [0.15, 0.2) is 64.7 Å². The second-order valence-electron chi connectivity index (χ2n) is 6.35. The molecule has 1 aromatic carbocycles. The van der Waals surface area contributed by atoms with Crippen LogP contribution in [0.1, 0.15) is 5.56 Å². The SMILES string of the molecule is Cn1c(=O)n(C)c2cc(S(=O)(=O)NCc3ccnc(-n4cccn4)c3)ccc21. The molecule has 0 saturated carbocycles. The van der Waals surface area contributed by atoms with Crippen LogP contribution in [0.4, 0.5) is 0 Å². The van der Waals surface area contributed by atoms with Crippen LogP contribution in [0, 0.1) is 0 Å². The molecule has 0 radical (unpaired) electrons. The zero-order valence-corrected chi connectivity index (χ0v) is 16.1. The van der Waals surface area contributed by atoms with Crippen LogP contribution < -0.4 is 10.4 Å². The van der Waals surface area contributed by atoms with E-state index in [2.05, 4.69) is 14.8 Å². The van der Waals surface area contributed by atoms with Gasteiger partial charge in [-0.3, -0.25) is 9.13 Å². The monoisotopic (exact) mass is 398 g/mol. The molecule has 0 amide bonds. The quantitative estimate of drug-likeness (QED) is 0.539. The number of sulfonamides is 1. The Labute approximate surface area is 160 Å². The number of fused-ring (bicyclic) bond motifs is 1. The summed E-state index contributed by atoms with van der Waals surface area (Å²) in [6.45, 7) is 0.102. The zero-order chi connectivity index (χ0) is 19.9. The highest BCUT2D eigenvalue weighted by Gasteiger charge is 2.17. The lowest BCUT2D eigenvalue weighted by atomic mass is 10.2. The van der Waals surface area contributed by atoms with Crippen molar-refractivity contribution in [2.24, 2.45) is 14.1 Å². The third-order valence-corrected chi connectivity index (χ3v) is 5.97. The van der Waals surface area contributed by atoms with Gasteiger partial charge in [-0.25, -0.2) is 27.6 Å². The summed E-state index contributed by atoms with van der Waals surface area (Å²) in [5.41, 5.74) is 1.77. The third kappa shape index (κ3) is 3.12. The lowest BCUT2D eigenvalue weighted by molar-refractivity contribution is 0.581. The van der Waals surface area contributed by atoms with Crippen molar-refractivity contribution in [3.63, 3.8) is 0 Å². The average Bonchev–Trinajstić information content (AvgIpc) is 3.31. The highest BCUT2D eigenvalue weighted by molar-refractivity contribution is 7.89. The molecular formula is C18H18N6O3S. The van der Waals surface area contributed by atoms with E-state index in [1.54, 1.807) is 61.6 Å². The normalized spacial score (nSPS) is 11.9. The Kier molecular flexibility index (Phi) is 4.36. The molecule has 0 fully saturated rings. The molecule has 10 heteroatoms. The van der Waals surface area contributed by atoms with Crippen LogP contribution in [-0.2, 0) is 30.7 Å². The van der Waals surface area contributed by atoms with Gasteiger partial charge in [0.1, 0.15) is 0 Å². The molecule has 3 aromatic heterocycles. The van der Waals surface area contributed by atoms with Gasteiger partial charge >= 0.3 is 5.69 Å². The van der Waals surface area contributed by atoms with Crippen molar-refractivity contribution in [1.82, 2.24) is 28.6 Å². The molecule has 0 unspecified atom stereocenters. The Morgan fingerprint density at radius 2 is 1.82 bits per heavy atom. The summed E-state index contributed by atoms with van der Waals surface area (Å²) in [4.78, 5) is 16.4. The van der Waals surface area contributed by atoms with E-state index in [-0.39, 0.29) is 17.1 Å². The number of aryl methyl sites for hydroxylation is 2. The molecule has 0 aliphatic heterocycles. The van der Waals surface area contributed by atoms with E-state index in [1.807, 2.05) is 0 Å². The first-order valence-electron chi connectivity index (χ1n) is 8.47. The van der Waals surface area contributed by atoms with Crippen LogP contribution in [0.2, 0.25) is 0 Å². The molecule has 4 aromatic rings. The first-order chi connectivity index (χ1) is 13.4. The number of pyridine rings is 1. The van der Waals surface area contributed by atoms with Gasteiger partial charge in [0, 0.05) is 39.2 Å². The smallest absolute Gasteiger partial charge is 0.295 e. The lowest BCUT2D eigenvalue weighted by Crippen LogP contribution is -2.23. The van der Waals surface area contributed by atoms with Crippen LogP contribution >= 0.6 is 0 Å². The van der Waals surface area contributed by atoms with E-state index in [1.165, 1.54) is 21.3 Å². The second kappa shape index (κ2) is 6.73. The number of rotatable bonds is 5. The van der Waals surface area contributed by atoms with Gasteiger partial charge in [-0.05, 0) is 42.0 Å². The maximum Gasteiger partial charge on any atom is 0.328 e. The van der Waals surface area contributed by atoms with Crippen molar-refractivity contribution < 1.29 is 8.42 Å². The molecule has 3 heterocycles. The van der Waals surface area contributed by atoms with E-state index in [9.17, 15) is 13.2 Å².